The zero-order valence-electron chi connectivity index (χ0n) is 7.86. The highest BCUT2D eigenvalue weighted by atomic mass is 19.1. The molecule has 1 unspecified atom stereocenters. The smallest absolute Gasteiger partial charge is 0.362 e. The van der Waals surface area contributed by atoms with Crippen LogP contribution in [0.5, 0.6) is 0 Å². The second-order valence-electron chi connectivity index (χ2n) is 2.73. The van der Waals surface area contributed by atoms with E-state index in [-0.39, 0.29) is 26.4 Å². The first kappa shape index (κ1) is 10.9. The van der Waals surface area contributed by atoms with E-state index < -0.39 is 18.2 Å². The van der Waals surface area contributed by atoms with Gasteiger partial charge in [-0.25, -0.2) is 9.18 Å². The number of alkyl halides is 1. The Balaban J connectivity index is 2.53. The van der Waals surface area contributed by atoms with Gasteiger partial charge in [-0.1, -0.05) is 0 Å². The summed E-state index contributed by atoms with van der Waals surface area (Å²) in [5.41, 5.74) is 0. The molecule has 1 fully saturated rings. The molecule has 6 heteroatoms. The summed E-state index contributed by atoms with van der Waals surface area (Å²) in [6, 6.07) is 0. The summed E-state index contributed by atoms with van der Waals surface area (Å²) in [6.45, 7) is 1.81. The number of nitrogens with zero attached hydrogens (tertiary/aromatic N) is 1. The Kier molecular flexibility index (Phi) is 3.82. The summed E-state index contributed by atoms with van der Waals surface area (Å²) in [5.74, 6) is -1.56. The minimum atomic E-state index is -2.01. The van der Waals surface area contributed by atoms with Crippen molar-refractivity contribution in [3.05, 3.63) is 0 Å². The second-order valence-corrected chi connectivity index (χ2v) is 2.73. The van der Waals surface area contributed by atoms with E-state index >= 15 is 0 Å². The summed E-state index contributed by atoms with van der Waals surface area (Å²) in [5, 5.41) is 0. The summed E-state index contributed by atoms with van der Waals surface area (Å²) in [7, 11) is 0. The molecule has 1 rings (SSSR count). The first-order valence-corrected chi connectivity index (χ1v) is 4.34. The van der Waals surface area contributed by atoms with E-state index in [1.807, 2.05) is 0 Å². The van der Waals surface area contributed by atoms with Gasteiger partial charge in [-0.15, -0.1) is 0 Å². The molecule has 0 aromatic heterocycles. The van der Waals surface area contributed by atoms with Gasteiger partial charge in [0.25, 0.3) is 12.2 Å². The number of carbonyl (C=O) groups excluding carboxylic acids is 2. The van der Waals surface area contributed by atoms with Gasteiger partial charge in [0.2, 0.25) is 0 Å². The van der Waals surface area contributed by atoms with Crippen LogP contribution >= 0.6 is 0 Å². The van der Waals surface area contributed by atoms with Crippen LogP contribution in [0.4, 0.5) is 4.39 Å². The van der Waals surface area contributed by atoms with Crippen LogP contribution in [0.25, 0.3) is 0 Å². The SMILES string of the molecule is CCOC(=O)C(F)N1CCOCC1=O. The molecule has 0 bridgehead atoms. The maximum Gasteiger partial charge on any atom is 0.362 e. The largest absolute Gasteiger partial charge is 0.462 e. The van der Waals surface area contributed by atoms with E-state index in [0.29, 0.717) is 0 Å². The quantitative estimate of drug-likeness (QED) is 0.469. The van der Waals surface area contributed by atoms with Crippen molar-refractivity contribution in [3.8, 4) is 0 Å². The Morgan fingerprint density at radius 2 is 2.50 bits per heavy atom. The molecule has 1 heterocycles. The van der Waals surface area contributed by atoms with E-state index in [4.69, 9.17) is 4.74 Å². The van der Waals surface area contributed by atoms with Crippen LogP contribution < -0.4 is 0 Å². The molecule has 0 N–H and O–H groups in total. The van der Waals surface area contributed by atoms with Crippen molar-refractivity contribution in [1.82, 2.24) is 4.90 Å². The molecule has 1 amide bonds. The van der Waals surface area contributed by atoms with Crippen molar-refractivity contribution in [2.75, 3.05) is 26.4 Å². The minimum absolute atomic E-state index is 0.0822. The Labute approximate surface area is 80.8 Å². The van der Waals surface area contributed by atoms with Gasteiger partial charge in [-0.2, -0.15) is 0 Å². The number of ether oxygens (including phenoxy) is 2. The fraction of sp³-hybridized carbons (Fsp3) is 0.750. The van der Waals surface area contributed by atoms with Crippen LogP contribution in [0.2, 0.25) is 0 Å². The fourth-order valence-electron chi connectivity index (χ4n) is 1.11. The molecule has 0 aromatic carbocycles. The summed E-state index contributed by atoms with van der Waals surface area (Å²) >= 11 is 0. The van der Waals surface area contributed by atoms with E-state index in [1.54, 1.807) is 6.92 Å². The molecule has 0 spiro atoms. The van der Waals surface area contributed by atoms with Crippen molar-refractivity contribution < 1.29 is 23.5 Å². The highest BCUT2D eigenvalue weighted by molar-refractivity contribution is 5.84. The topological polar surface area (TPSA) is 55.8 Å². The normalized spacial score (nSPS) is 19.3. The number of hydrogen-bond donors (Lipinski definition) is 0. The molecule has 1 aliphatic heterocycles. The molecular weight excluding hydrogens is 193 g/mol. The molecule has 0 aliphatic carbocycles. The fourth-order valence-corrected chi connectivity index (χ4v) is 1.11. The lowest BCUT2D eigenvalue weighted by Crippen LogP contribution is -2.49. The first-order valence-electron chi connectivity index (χ1n) is 4.34. The molecule has 5 nitrogen and oxygen atoms in total. The van der Waals surface area contributed by atoms with Crippen LogP contribution in [0.1, 0.15) is 6.92 Å². The third-order valence-electron chi connectivity index (χ3n) is 1.78. The molecule has 1 atom stereocenters. The summed E-state index contributed by atoms with van der Waals surface area (Å²) in [4.78, 5) is 22.9. The Morgan fingerprint density at radius 3 is 3.07 bits per heavy atom. The number of hydrogen-bond acceptors (Lipinski definition) is 4. The lowest BCUT2D eigenvalue weighted by Gasteiger charge is -2.28. The van der Waals surface area contributed by atoms with Crippen molar-refractivity contribution in [1.29, 1.82) is 0 Å². The van der Waals surface area contributed by atoms with E-state index in [9.17, 15) is 14.0 Å². The van der Waals surface area contributed by atoms with Crippen molar-refractivity contribution in [2.24, 2.45) is 0 Å². The molecular formula is C8H12FNO4. The molecule has 1 aliphatic rings. The van der Waals surface area contributed by atoms with Crippen LogP contribution in [0.15, 0.2) is 0 Å². The highest BCUT2D eigenvalue weighted by Crippen LogP contribution is 2.08. The predicted molar refractivity (Wildman–Crippen MR) is 44.1 cm³/mol. The van der Waals surface area contributed by atoms with Gasteiger partial charge in [0.05, 0.1) is 13.2 Å². The summed E-state index contributed by atoms with van der Waals surface area (Å²) < 4.78 is 22.5. The van der Waals surface area contributed by atoms with Crippen molar-refractivity contribution in [2.45, 2.75) is 13.2 Å². The summed E-state index contributed by atoms with van der Waals surface area (Å²) in [6.07, 6.45) is -2.01. The minimum Gasteiger partial charge on any atom is -0.462 e. The van der Waals surface area contributed by atoms with Gasteiger partial charge in [0.15, 0.2) is 0 Å². The molecule has 80 valence electrons. The van der Waals surface area contributed by atoms with Crippen LogP contribution in [0, 0.1) is 0 Å². The number of carbonyl (C=O) groups is 2. The zero-order valence-corrected chi connectivity index (χ0v) is 7.86. The predicted octanol–water partition coefficient (Wildman–Crippen LogP) is -0.296. The lowest BCUT2D eigenvalue weighted by atomic mass is 10.4. The molecule has 14 heavy (non-hydrogen) atoms. The third-order valence-corrected chi connectivity index (χ3v) is 1.78. The zero-order chi connectivity index (χ0) is 10.6. The van der Waals surface area contributed by atoms with E-state index in [0.717, 1.165) is 4.90 Å². The van der Waals surface area contributed by atoms with E-state index in [2.05, 4.69) is 4.74 Å². The van der Waals surface area contributed by atoms with Gasteiger partial charge in [-0.3, -0.25) is 9.69 Å². The van der Waals surface area contributed by atoms with Gasteiger partial charge >= 0.3 is 5.97 Å². The Bertz CT molecular complexity index is 233. The van der Waals surface area contributed by atoms with Crippen LogP contribution in [-0.4, -0.2) is 49.4 Å². The third kappa shape index (κ3) is 2.41. The van der Waals surface area contributed by atoms with Crippen LogP contribution in [-0.2, 0) is 19.1 Å². The molecule has 0 aromatic rings. The number of amides is 1. The molecule has 1 saturated heterocycles. The average molecular weight is 205 g/mol. The number of morpholine rings is 1. The van der Waals surface area contributed by atoms with E-state index in [1.165, 1.54) is 0 Å². The second kappa shape index (κ2) is 4.90. The average Bonchev–Trinajstić information content (AvgIpc) is 2.18. The van der Waals surface area contributed by atoms with Gasteiger partial charge in [0.1, 0.15) is 6.61 Å². The Morgan fingerprint density at radius 1 is 1.79 bits per heavy atom. The van der Waals surface area contributed by atoms with Gasteiger partial charge in [-0.05, 0) is 6.92 Å². The first-order chi connectivity index (χ1) is 6.66. The Hall–Kier alpha value is -1.17. The van der Waals surface area contributed by atoms with Crippen LogP contribution in [0.3, 0.4) is 0 Å². The standard InChI is InChI=1S/C8H12FNO4/c1-2-14-8(12)7(9)10-3-4-13-5-6(10)11/h7H,2-5H2,1H3. The maximum atomic E-state index is 13.3. The van der Waals surface area contributed by atoms with Gasteiger partial charge < -0.3 is 9.47 Å². The number of rotatable bonds is 3. The highest BCUT2D eigenvalue weighted by Gasteiger charge is 2.32. The maximum absolute atomic E-state index is 13.3. The van der Waals surface area contributed by atoms with Crippen molar-refractivity contribution in [3.63, 3.8) is 0 Å². The molecule has 0 radical (unpaired) electrons. The lowest BCUT2D eigenvalue weighted by molar-refractivity contribution is -0.168. The monoisotopic (exact) mass is 205 g/mol. The number of esters is 1. The van der Waals surface area contributed by atoms with Crippen molar-refractivity contribution >= 4 is 11.9 Å². The van der Waals surface area contributed by atoms with Gasteiger partial charge in [0, 0.05) is 6.54 Å². The molecule has 0 saturated carbocycles. The number of halogens is 1.